The molecule has 7 nitrogen and oxygen atoms in total. The molecular formula is C16H21FN4O3. The monoisotopic (exact) mass is 336 g/mol. The lowest BCUT2D eigenvalue weighted by Crippen LogP contribution is -2.56. The first-order valence-electron chi connectivity index (χ1n) is 7.86. The van der Waals surface area contributed by atoms with Crippen LogP contribution in [0.1, 0.15) is 39.7 Å². The first kappa shape index (κ1) is 16.5. The van der Waals surface area contributed by atoms with E-state index in [9.17, 15) is 19.1 Å². The fourth-order valence-corrected chi connectivity index (χ4v) is 3.51. The molecule has 0 unspecified atom stereocenters. The highest BCUT2D eigenvalue weighted by Crippen LogP contribution is 2.39. The third-order valence-corrected chi connectivity index (χ3v) is 4.64. The molecule has 0 radical (unpaired) electrons. The molecule has 1 aliphatic rings. The van der Waals surface area contributed by atoms with Crippen LogP contribution >= 0.6 is 0 Å². The highest BCUT2D eigenvalue weighted by atomic mass is 19.1. The number of carbonyl (C=O) groups is 1. The van der Waals surface area contributed by atoms with Gasteiger partial charge in [0.15, 0.2) is 5.65 Å². The number of nitrogens with zero attached hydrogens (tertiary/aromatic N) is 4. The van der Waals surface area contributed by atoms with Crippen LogP contribution in [-0.4, -0.2) is 41.8 Å². The summed E-state index contributed by atoms with van der Waals surface area (Å²) in [5.74, 6) is -0.494. The van der Waals surface area contributed by atoms with Crippen molar-refractivity contribution in [2.24, 2.45) is 7.05 Å². The van der Waals surface area contributed by atoms with Gasteiger partial charge >= 0.3 is 11.8 Å². The van der Waals surface area contributed by atoms with Gasteiger partial charge in [-0.2, -0.15) is 0 Å². The Morgan fingerprint density at radius 3 is 2.58 bits per heavy atom. The molecule has 2 aromatic rings. The number of amides is 1. The number of hydrogen-bond acceptors (Lipinski definition) is 3. The largest absolute Gasteiger partial charge is 0.465 e. The van der Waals surface area contributed by atoms with Gasteiger partial charge in [0, 0.05) is 30.7 Å². The van der Waals surface area contributed by atoms with E-state index >= 15 is 0 Å². The van der Waals surface area contributed by atoms with E-state index in [1.54, 1.807) is 11.6 Å². The van der Waals surface area contributed by atoms with Crippen LogP contribution in [0.2, 0.25) is 0 Å². The normalized spacial score (nSPS) is 20.9. The molecule has 0 saturated heterocycles. The van der Waals surface area contributed by atoms with E-state index in [0.29, 0.717) is 24.0 Å². The number of pyridine rings is 1. The second kappa shape index (κ2) is 5.32. The summed E-state index contributed by atoms with van der Waals surface area (Å²) in [5.41, 5.74) is 0.107. The van der Waals surface area contributed by atoms with E-state index in [-0.39, 0.29) is 17.8 Å². The minimum absolute atomic E-state index is 0.131. The van der Waals surface area contributed by atoms with Crippen LogP contribution in [0.25, 0.3) is 11.2 Å². The number of imidazole rings is 1. The zero-order valence-electron chi connectivity index (χ0n) is 14.2. The molecule has 8 heteroatoms. The van der Waals surface area contributed by atoms with Crippen LogP contribution in [0.4, 0.5) is 9.18 Å². The molecule has 1 amide bonds. The first-order chi connectivity index (χ1) is 11.1. The summed E-state index contributed by atoms with van der Waals surface area (Å²) in [6.45, 7) is 5.55. The predicted octanol–water partition coefficient (Wildman–Crippen LogP) is 2.36. The van der Waals surface area contributed by atoms with Gasteiger partial charge in [-0.1, -0.05) is 0 Å². The maximum Gasteiger partial charge on any atom is 0.407 e. The summed E-state index contributed by atoms with van der Waals surface area (Å²) in [6.07, 6.45) is 1.22. The molecule has 0 bridgehead atoms. The van der Waals surface area contributed by atoms with Gasteiger partial charge in [-0.15, -0.1) is 0 Å². The highest BCUT2D eigenvalue weighted by molar-refractivity contribution is 5.71. The van der Waals surface area contributed by atoms with Crippen molar-refractivity contribution in [1.29, 1.82) is 0 Å². The van der Waals surface area contributed by atoms with E-state index in [0.717, 1.165) is 6.20 Å². The summed E-state index contributed by atoms with van der Waals surface area (Å²) in [4.78, 5) is 29.5. The van der Waals surface area contributed by atoms with Crippen molar-refractivity contribution in [3.05, 3.63) is 28.6 Å². The van der Waals surface area contributed by atoms with Crippen molar-refractivity contribution in [3.8, 4) is 0 Å². The number of halogens is 1. The summed E-state index contributed by atoms with van der Waals surface area (Å²) < 4.78 is 16.3. The molecule has 2 heterocycles. The molecule has 1 aliphatic carbocycles. The summed E-state index contributed by atoms with van der Waals surface area (Å²) >= 11 is 0. The standard InChI is InChI=1S/C16H21FN4O3/c1-16(2,3)21(15(23)24)11-6-10(7-11)20-13-12(19(4)14(20)22)5-9(17)8-18-13/h5,8,10-11H,6-7H2,1-4H3,(H,23,24). The highest BCUT2D eigenvalue weighted by Gasteiger charge is 2.43. The van der Waals surface area contributed by atoms with Crippen molar-refractivity contribution in [2.75, 3.05) is 0 Å². The van der Waals surface area contributed by atoms with E-state index in [4.69, 9.17) is 0 Å². The molecule has 130 valence electrons. The van der Waals surface area contributed by atoms with Crippen molar-refractivity contribution < 1.29 is 14.3 Å². The number of rotatable bonds is 2. The van der Waals surface area contributed by atoms with Crippen LogP contribution in [0.3, 0.4) is 0 Å². The third kappa shape index (κ3) is 2.46. The molecule has 1 fully saturated rings. The maximum absolute atomic E-state index is 13.4. The average Bonchev–Trinajstić information content (AvgIpc) is 2.64. The van der Waals surface area contributed by atoms with Crippen LogP contribution in [0.15, 0.2) is 17.1 Å². The molecule has 0 spiro atoms. The second-order valence-corrected chi connectivity index (χ2v) is 7.31. The van der Waals surface area contributed by atoms with Crippen molar-refractivity contribution >= 4 is 17.3 Å². The topological polar surface area (TPSA) is 80.4 Å². The summed E-state index contributed by atoms with van der Waals surface area (Å²) in [7, 11) is 1.58. The van der Waals surface area contributed by atoms with Gasteiger partial charge < -0.3 is 10.0 Å². The Bertz CT molecular complexity index is 859. The third-order valence-electron chi connectivity index (χ3n) is 4.64. The fraction of sp³-hybridized carbons (Fsp3) is 0.562. The molecular weight excluding hydrogens is 315 g/mol. The zero-order valence-corrected chi connectivity index (χ0v) is 14.2. The van der Waals surface area contributed by atoms with E-state index < -0.39 is 17.4 Å². The zero-order chi connectivity index (χ0) is 17.8. The quantitative estimate of drug-likeness (QED) is 0.913. The lowest BCUT2D eigenvalue weighted by atomic mass is 9.83. The minimum atomic E-state index is -0.962. The van der Waals surface area contributed by atoms with Gasteiger partial charge in [-0.3, -0.25) is 9.13 Å². The number of carboxylic acid groups (broad SMARTS) is 1. The van der Waals surface area contributed by atoms with Gasteiger partial charge in [0.25, 0.3) is 0 Å². The van der Waals surface area contributed by atoms with Gasteiger partial charge in [-0.05, 0) is 33.6 Å². The minimum Gasteiger partial charge on any atom is -0.465 e. The van der Waals surface area contributed by atoms with Gasteiger partial charge in [0.05, 0.1) is 11.7 Å². The van der Waals surface area contributed by atoms with Crippen molar-refractivity contribution in [2.45, 2.75) is 51.2 Å². The molecule has 1 saturated carbocycles. The Hall–Kier alpha value is -2.38. The number of aromatic nitrogens is 3. The molecule has 24 heavy (non-hydrogen) atoms. The van der Waals surface area contributed by atoms with E-state index in [2.05, 4.69) is 4.98 Å². The van der Waals surface area contributed by atoms with Crippen LogP contribution in [-0.2, 0) is 7.05 Å². The second-order valence-electron chi connectivity index (χ2n) is 7.31. The Morgan fingerprint density at radius 1 is 1.42 bits per heavy atom. The molecule has 2 aromatic heterocycles. The molecule has 0 aromatic carbocycles. The van der Waals surface area contributed by atoms with Crippen molar-refractivity contribution in [1.82, 2.24) is 19.0 Å². The predicted molar refractivity (Wildman–Crippen MR) is 86.6 cm³/mol. The fourth-order valence-electron chi connectivity index (χ4n) is 3.51. The van der Waals surface area contributed by atoms with Crippen LogP contribution in [0, 0.1) is 5.82 Å². The number of aryl methyl sites for hydroxylation is 1. The SMILES string of the molecule is Cn1c(=O)n(C2CC(N(C(=O)O)C(C)(C)C)C2)c2ncc(F)cc21. The number of fused-ring (bicyclic) bond motifs is 1. The molecule has 0 aliphatic heterocycles. The lowest BCUT2D eigenvalue weighted by Gasteiger charge is -2.47. The van der Waals surface area contributed by atoms with E-state index in [1.807, 2.05) is 20.8 Å². The summed E-state index contributed by atoms with van der Waals surface area (Å²) in [5, 5.41) is 9.46. The van der Waals surface area contributed by atoms with Gasteiger partial charge in [0.1, 0.15) is 5.82 Å². The van der Waals surface area contributed by atoms with Gasteiger partial charge in [-0.25, -0.2) is 19.0 Å². The maximum atomic E-state index is 13.4. The van der Waals surface area contributed by atoms with Gasteiger partial charge in [0.2, 0.25) is 0 Å². The average molecular weight is 336 g/mol. The van der Waals surface area contributed by atoms with E-state index in [1.165, 1.54) is 15.5 Å². The smallest absolute Gasteiger partial charge is 0.407 e. The Kier molecular flexibility index (Phi) is 3.65. The first-order valence-corrected chi connectivity index (χ1v) is 7.86. The van der Waals surface area contributed by atoms with Crippen molar-refractivity contribution in [3.63, 3.8) is 0 Å². The van der Waals surface area contributed by atoms with Crippen LogP contribution < -0.4 is 5.69 Å². The Morgan fingerprint density at radius 2 is 2.04 bits per heavy atom. The Balaban J connectivity index is 1.92. The molecule has 1 N–H and O–H groups in total. The lowest BCUT2D eigenvalue weighted by molar-refractivity contribution is 0.0218. The molecule has 3 rings (SSSR count). The number of hydrogen-bond donors (Lipinski definition) is 1. The summed E-state index contributed by atoms with van der Waals surface area (Å²) in [6, 6.07) is 1.01. The molecule has 0 atom stereocenters. The van der Waals surface area contributed by atoms with Crippen LogP contribution in [0.5, 0.6) is 0 Å². The Labute approximate surface area is 138 Å².